The number of hydrogen-bond donors (Lipinski definition) is 1. The fourth-order valence-corrected chi connectivity index (χ4v) is 2.75. The Balaban J connectivity index is 1.76. The zero-order valence-corrected chi connectivity index (χ0v) is 16.5. The van der Waals surface area contributed by atoms with Crippen LogP contribution in [0.2, 0.25) is 0 Å². The van der Waals surface area contributed by atoms with Crippen LogP contribution in [0.4, 0.5) is 5.69 Å². The van der Waals surface area contributed by atoms with Gasteiger partial charge in [-0.15, -0.1) is 0 Å². The van der Waals surface area contributed by atoms with Crippen molar-refractivity contribution in [1.82, 2.24) is 5.43 Å². The van der Waals surface area contributed by atoms with Crippen molar-refractivity contribution in [2.24, 2.45) is 5.10 Å². The van der Waals surface area contributed by atoms with E-state index in [-0.39, 0.29) is 17.0 Å². The molecular formula is C21H17N3O7. The average Bonchev–Trinajstić information content (AvgIpc) is 3.26. The van der Waals surface area contributed by atoms with E-state index in [4.69, 9.17) is 13.9 Å². The van der Waals surface area contributed by atoms with Crippen LogP contribution in [0.25, 0.3) is 11.3 Å². The maximum Gasteiger partial charge on any atom is 0.338 e. The number of rotatable bonds is 7. The van der Waals surface area contributed by atoms with E-state index in [0.717, 1.165) is 6.07 Å². The summed E-state index contributed by atoms with van der Waals surface area (Å²) < 4.78 is 15.5. The molecule has 0 aliphatic carbocycles. The van der Waals surface area contributed by atoms with E-state index in [1.165, 1.54) is 32.6 Å². The third kappa shape index (κ3) is 4.75. The van der Waals surface area contributed by atoms with Gasteiger partial charge in [0.25, 0.3) is 11.6 Å². The molecule has 158 valence electrons. The molecule has 3 aromatic rings. The van der Waals surface area contributed by atoms with Gasteiger partial charge in [0.05, 0.1) is 36.5 Å². The summed E-state index contributed by atoms with van der Waals surface area (Å²) in [5.41, 5.74) is 2.86. The molecule has 2 aromatic carbocycles. The van der Waals surface area contributed by atoms with Gasteiger partial charge < -0.3 is 13.9 Å². The number of carbonyl (C=O) groups is 2. The molecule has 0 bridgehead atoms. The Morgan fingerprint density at radius 2 is 1.87 bits per heavy atom. The Morgan fingerprint density at radius 3 is 2.58 bits per heavy atom. The van der Waals surface area contributed by atoms with E-state index in [1.807, 2.05) is 0 Å². The van der Waals surface area contributed by atoms with E-state index in [2.05, 4.69) is 10.5 Å². The lowest BCUT2D eigenvalue weighted by atomic mass is 10.1. The highest BCUT2D eigenvalue weighted by Crippen LogP contribution is 2.26. The summed E-state index contributed by atoms with van der Waals surface area (Å²) >= 11 is 0. The van der Waals surface area contributed by atoms with Crippen LogP contribution >= 0.6 is 0 Å². The minimum absolute atomic E-state index is 0.0408. The molecular weight excluding hydrogens is 406 g/mol. The van der Waals surface area contributed by atoms with Crippen LogP contribution in [0.1, 0.15) is 26.5 Å². The molecule has 0 radical (unpaired) electrons. The average molecular weight is 423 g/mol. The number of nitrogens with zero attached hydrogens (tertiary/aromatic N) is 2. The summed E-state index contributed by atoms with van der Waals surface area (Å²) in [7, 11) is 2.64. The first-order chi connectivity index (χ1) is 14.9. The third-order valence-corrected chi connectivity index (χ3v) is 4.22. The van der Waals surface area contributed by atoms with E-state index < -0.39 is 16.8 Å². The molecule has 0 spiro atoms. The molecule has 0 fully saturated rings. The third-order valence-electron chi connectivity index (χ3n) is 4.22. The lowest BCUT2D eigenvalue weighted by Gasteiger charge is -2.06. The highest BCUT2D eigenvalue weighted by atomic mass is 16.6. The van der Waals surface area contributed by atoms with Crippen LogP contribution in [0.5, 0.6) is 5.75 Å². The summed E-state index contributed by atoms with van der Waals surface area (Å²) in [6, 6.07) is 13.7. The van der Waals surface area contributed by atoms with Crippen molar-refractivity contribution in [3.63, 3.8) is 0 Å². The van der Waals surface area contributed by atoms with Gasteiger partial charge in [-0.2, -0.15) is 5.10 Å². The summed E-state index contributed by atoms with van der Waals surface area (Å²) in [4.78, 5) is 34.6. The molecule has 1 N–H and O–H groups in total. The Morgan fingerprint density at radius 1 is 1.10 bits per heavy atom. The first-order valence-corrected chi connectivity index (χ1v) is 8.88. The molecule has 0 atom stereocenters. The number of amides is 1. The number of furan rings is 1. The van der Waals surface area contributed by atoms with Crippen molar-refractivity contribution < 1.29 is 28.4 Å². The van der Waals surface area contributed by atoms with E-state index >= 15 is 0 Å². The first kappa shape index (κ1) is 21.2. The van der Waals surface area contributed by atoms with Crippen molar-refractivity contribution >= 4 is 23.8 Å². The molecule has 0 saturated carbocycles. The Labute approximate surface area is 176 Å². The van der Waals surface area contributed by atoms with Gasteiger partial charge in [0, 0.05) is 17.7 Å². The molecule has 1 amide bonds. The number of carbonyl (C=O) groups excluding carboxylic acids is 2. The van der Waals surface area contributed by atoms with Gasteiger partial charge in [-0.3, -0.25) is 14.9 Å². The number of ether oxygens (including phenoxy) is 2. The maximum atomic E-state index is 12.4. The SMILES string of the molecule is COC(=O)c1ccccc1-c1ccc(/C=N\NC(=O)c2cc([N+](=O)[O-])ccc2OC)o1. The summed E-state index contributed by atoms with van der Waals surface area (Å²) in [6.07, 6.45) is 1.26. The van der Waals surface area contributed by atoms with Gasteiger partial charge in [0.1, 0.15) is 17.3 Å². The van der Waals surface area contributed by atoms with Gasteiger partial charge in [-0.05, 0) is 24.3 Å². The number of nitro groups is 1. The second-order valence-corrected chi connectivity index (χ2v) is 6.08. The van der Waals surface area contributed by atoms with Crippen molar-refractivity contribution in [2.45, 2.75) is 0 Å². The largest absolute Gasteiger partial charge is 0.496 e. The number of methoxy groups -OCH3 is 2. The Hall–Kier alpha value is -4.47. The van der Waals surface area contributed by atoms with Gasteiger partial charge in [0.15, 0.2) is 0 Å². The lowest BCUT2D eigenvalue weighted by Crippen LogP contribution is -2.18. The number of esters is 1. The van der Waals surface area contributed by atoms with Gasteiger partial charge in [0.2, 0.25) is 0 Å². The van der Waals surface area contributed by atoms with Crippen LogP contribution in [-0.4, -0.2) is 37.2 Å². The van der Waals surface area contributed by atoms with Crippen molar-refractivity contribution in [1.29, 1.82) is 0 Å². The number of nitro benzene ring substituents is 1. The highest BCUT2D eigenvalue weighted by Gasteiger charge is 2.17. The van der Waals surface area contributed by atoms with E-state index in [9.17, 15) is 19.7 Å². The van der Waals surface area contributed by atoms with Crippen molar-refractivity contribution in [2.75, 3.05) is 14.2 Å². The number of hydrogen-bond acceptors (Lipinski definition) is 8. The molecule has 10 nitrogen and oxygen atoms in total. The quantitative estimate of drug-likeness (QED) is 0.266. The van der Waals surface area contributed by atoms with Crippen molar-refractivity contribution in [3.05, 3.63) is 81.6 Å². The van der Waals surface area contributed by atoms with Crippen LogP contribution in [0.3, 0.4) is 0 Å². The van der Waals surface area contributed by atoms with Crippen LogP contribution in [0.15, 0.2) is 64.1 Å². The minimum Gasteiger partial charge on any atom is -0.496 e. The Bertz CT molecular complexity index is 1170. The molecule has 0 unspecified atom stereocenters. The fraction of sp³-hybridized carbons (Fsp3) is 0.0952. The van der Waals surface area contributed by atoms with Crippen LogP contribution in [0, 0.1) is 10.1 Å². The number of nitrogens with one attached hydrogen (secondary N) is 1. The van der Waals surface area contributed by atoms with E-state index in [0.29, 0.717) is 22.6 Å². The highest BCUT2D eigenvalue weighted by molar-refractivity contribution is 5.98. The first-order valence-electron chi connectivity index (χ1n) is 8.88. The zero-order chi connectivity index (χ0) is 22.4. The van der Waals surface area contributed by atoms with E-state index in [1.54, 1.807) is 36.4 Å². The number of hydrazone groups is 1. The smallest absolute Gasteiger partial charge is 0.338 e. The normalized spacial score (nSPS) is 10.6. The monoisotopic (exact) mass is 423 g/mol. The molecule has 0 aliphatic rings. The predicted molar refractivity (Wildman–Crippen MR) is 110 cm³/mol. The summed E-state index contributed by atoms with van der Waals surface area (Å²) in [5, 5.41) is 14.8. The maximum absolute atomic E-state index is 12.4. The summed E-state index contributed by atoms with van der Waals surface area (Å²) in [5.74, 6) is -0.312. The van der Waals surface area contributed by atoms with Crippen LogP contribution < -0.4 is 10.2 Å². The number of benzene rings is 2. The molecule has 0 saturated heterocycles. The minimum atomic E-state index is -0.695. The summed E-state index contributed by atoms with van der Waals surface area (Å²) in [6.45, 7) is 0. The molecule has 10 heteroatoms. The molecule has 31 heavy (non-hydrogen) atoms. The topological polar surface area (TPSA) is 133 Å². The Kier molecular flexibility index (Phi) is 6.41. The second kappa shape index (κ2) is 9.35. The number of non-ortho nitro benzene ring substituents is 1. The lowest BCUT2D eigenvalue weighted by molar-refractivity contribution is -0.384. The second-order valence-electron chi connectivity index (χ2n) is 6.08. The van der Waals surface area contributed by atoms with Gasteiger partial charge in [-0.25, -0.2) is 10.2 Å². The van der Waals surface area contributed by atoms with Gasteiger partial charge in [-0.1, -0.05) is 18.2 Å². The molecule has 1 heterocycles. The molecule has 0 aliphatic heterocycles. The fourth-order valence-electron chi connectivity index (χ4n) is 2.75. The van der Waals surface area contributed by atoms with Crippen molar-refractivity contribution in [3.8, 4) is 17.1 Å². The molecule has 3 rings (SSSR count). The van der Waals surface area contributed by atoms with Gasteiger partial charge >= 0.3 is 5.97 Å². The zero-order valence-electron chi connectivity index (χ0n) is 16.5. The predicted octanol–water partition coefficient (Wildman–Crippen LogP) is 3.41. The standard InChI is InChI=1S/C21H17N3O7/c1-29-18-9-7-13(24(27)28)11-17(18)20(25)23-22-12-14-8-10-19(31-14)15-5-3-4-6-16(15)21(26)30-2/h3-12H,1-2H3,(H,23,25)/b22-12-. The van der Waals surface area contributed by atoms with Crippen LogP contribution in [-0.2, 0) is 4.74 Å². The molecule has 1 aromatic heterocycles.